The molecule has 0 aliphatic rings. The molecule has 0 spiro atoms. The molecular formula is C13H25N3OS. The topological polar surface area (TPSA) is 47.0 Å². The Hall–Kier alpha value is -0.520. The van der Waals surface area contributed by atoms with Crippen LogP contribution in [-0.4, -0.2) is 37.0 Å². The van der Waals surface area contributed by atoms with Gasteiger partial charge in [0, 0.05) is 26.5 Å². The van der Waals surface area contributed by atoms with Crippen LogP contribution in [0.15, 0.2) is 0 Å². The summed E-state index contributed by atoms with van der Waals surface area (Å²) in [6.07, 6.45) is 4.42. The van der Waals surface area contributed by atoms with Crippen LogP contribution in [0, 0.1) is 5.92 Å². The van der Waals surface area contributed by atoms with Gasteiger partial charge in [-0.1, -0.05) is 20.3 Å². The molecule has 0 aromatic carbocycles. The van der Waals surface area contributed by atoms with Crippen molar-refractivity contribution >= 4 is 11.3 Å². The number of hydrogen-bond donors (Lipinski definition) is 1. The minimum Gasteiger partial charge on any atom is -0.383 e. The molecule has 1 aromatic heterocycles. The second kappa shape index (κ2) is 9.42. The molecule has 1 unspecified atom stereocenters. The van der Waals surface area contributed by atoms with Crippen LogP contribution in [0.3, 0.4) is 0 Å². The first-order chi connectivity index (χ1) is 8.76. The standard InChI is InChI=1S/C13H25N3OS/c1-4-11(2)10-13-16-15-12(18-13)6-5-7-14-8-9-17-3/h11,14H,4-10H2,1-3H3. The van der Waals surface area contributed by atoms with Gasteiger partial charge < -0.3 is 10.1 Å². The highest BCUT2D eigenvalue weighted by molar-refractivity contribution is 7.11. The van der Waals surface area contributed by atoms with Gasteiger partial charge >= 0.3 is 0 Å². The lowest BCUT2D eigenvalue weighted by molar-refractivity contribution is 0.199. The van der Waals surface area contributed by atoms with Gasteiger partial charge in [-0.3, -0.25) is 0 Å². The predicted octanol–water partition coefficient (Wildman–Crippen LogP) is 2.30. The third-order valence-corrected chi connectivity index (χ3v) is 3.96. The fourth-order valence-electron chi connectivity index (χ4n) is 1.58. The van der Waals surface area contributed by atoms with Crippen molar-refractivity contribution in [2.45, 2.75) is 39.5 Å². The predicted molar refractivity (Wildman–Crippen MR) is 76.1 cm³/mol. The average molecular weight is 271 g/mol. The fourth-order valence-corrected chi connectivity index (χ4v) is 2.63. The Balaban J connectivity index is 2.15. The summed E-state index contributed by atoms with van der Waals surface area (Å²) in [4.78, 5) is 0. The number of nitrogens with one attached hydrogen (secondary N) is 1. The van der Waals surface area contributed by atoms with Crippen molar-refractivity contribution in [3.8, 4) is 0 Å². The van der Waals surface area contributed by atoms with Crippen LogP contribution in [0.25, 0.3) is 0 Å². The van der Waals surface area contributed by atoms with E-state index >= 15 is 0 Å². The molecular weight excluding hydrogens is 246 g/mol. The smallest absolute Gasteiger partial charge is 0.117 e. The van der Waals surface area contributed by atoms with Gasteiger partial charge in [0.2, 0.25) is 0 Å². The molecule has 5 heteroatoms. The number of rotatable bonds is 10. The minimum atomic E-state index is 0.710. The maximum absolute atomic E-state index is 4.97. The van der Waals surface area contributed by atoms with Gasteiger partial charge in [0.15, 0.2) is 0 Å². The molecule has 18 heavy (non-hydrogen) atoms. The van der Waals surface area contributed by atoms with Gasteiger partial charge in [0.05, 0.1) is 6.61 Å². The van der Waals surface area contributed by atoms with Gasteiger partial charge in [-0.25, -0.2) is 0 Å². The van der Waals surface area contributed by atoms with Gasteiger partial charge in [0.1, 0.15) is 10.0 Å². The number of nitrogens with zero attached hydrogens (tertiary/aromatic N) is 2. The first-order valence-electron chi connectivity index (χ1n) is 6.77. The van der Waals surface area contributed by atoms with Crippen molar-refractivity contribution < 1.29 is 4.74 Å². The molecule has 0 aliphatic heterocycles. The monoisotopic (exact) mass is 271 g/mol. The molecule has 104 valence electrons. The van der Waals surface area contributed by atoms with Crippen LogP contribution in [-0.2, 0) is 17.6 Å². The maximum atomic E-state index is 4.97. The number of hydrogen-bond acceptors (Lipinski definition) is 5. The maximum Gasteiger partial charge on any atom is 0.117 e. The van der Waals surface area contributed by atoms with E-state index in [2.05, 4.69) is 29.4 Å². The zero-order valence-electron chi connectivity index (χ0n) is 11.7. The van der Waals surface area contributed by atoms with E-state index in [1.54, 1.807) is 18.4 Å². The Morgan fingerprint density at radius 1 is 1.28 bits per heavy atom. The summed E-state index contributed by atoms with van der Waals surface area (Å²) in [7, 11) is 1.72. The number of ether oxygens (including phenoxy) is 1. The Morgan fingerprint density at radius 2 is 2.06 bits per heavy atom. The second-order valence-corrected chi connectivity index (χ2v) is 5.80. The van der Waals surface area contributed by atoms with E-state index in [0.717, 1.165) is 39.0 Å². The second-order valence-electron chi connectivity index (χ2n) is 4.65. The SMILES string of the molecule is CCC(C)Cc1nnc(CCCNCCOC)s1. The van der Waals surface area contributed by atoms with Gasteiger partial charge in [0.25, 0.3) is 0 Å². The molecule has 1 aromatic rings. The average Bonchev–Trinajstić information content (AvgIpc) is 2.81. The summed E-state index contributed by atoms with van der Waals surface area (Å²) in [5.74, 6) is 0.710. The molecule has 0 bridgehead atoms. The van der Waals surface area contributed by atoms with Crippen LogP contribution in [0.4, 0.5) is 0 Å². The summed E-state index contributed by atoms with van der Waals surface area (Å²) in [5.41, 5.74) is 0. The van der Waals surface area contributed by atoms with Gasteiger partial charge in [-0.15, -0.1) is 21.5 Å². The Morgan fingerprint density at radius 3 is 2.78 bits per heavy atom. The Bertz CT molecular complexity index is 317. The lowest BCUT2D eigenvalue weighted by Crippen LogP contribution is -2.20. The lowest BCUT2D eigenvalue weighted by atomic mass is 10.1. The molecule has 1 atom stereocenters. The Labute approximate surface area is 114 Å². The quantitative estimate of drug-likeness (QED) is 0.663. The largest absolute Gasteiger partial charge is 0.383 e. The molecule has 0 fully saturated rings. The van der Waals surface area contributed by atoms with E-state index in [4.69, 9.17) is 4.74 Å². The summed E-state index contributed by atoms with van der Waals surface area (Å²) >= 11 is 1.77. The van der Waals surface area contributed by atoms with E-state index in [0.29, 0.717) is 5.92 Å². The van der Waals surface area contributed by atoms with E-state index in [1.807, 2.05) is 0 Å². The van der Waals surface area contributed by atoms with Crippen molar-refractivity contribution in [2.75, 3.05) is 26.8 Å². The zero-order valence-corrected chi connectivity index (χ0v) is 12.6. The van der Waals surface area contributed by atoms with Crippen LogP contribution >= 0.6 is 11.3 Å². The molecule has 0 saturated heterocycles. The van der Waals surface area contributed by atoms with Crippen molar-refractivity contribution in [1.29, 1.82) is 0 Å². The number of aryl methyl sites for hydroxylation is 1. The fraction of sp³-hybridized carbons (Fsp3) is 0.846. The normalized spacial score (nSPS) is 12.8. The molecule has 0 aliphatic carbocycles. The molecule has 4 nitrogen and oxygen atoms in total. The molecule has 1 heterocycles. The first-order valence-corrected chi connectivity index (χ1v) is 7.58. The zero-order chi connectivity index (χ0) is 13.2. The van der Waals surface area contributed by atoms with Gasteiger partial charge in [-0.2, -0.15) is 0 Å². The van der Waals surface area contributed by atoms with E-state index in [-0.39, 0.29) is 0 Å². The molecule has 1 rings (SSSR count). The van der Waals surface area contributed by atoms with Crippen LogP contribution in [0.1, 0.15) is 36.7 Å². The molecule has 0 radical (unpaired) electrons. The van der Waals surface area contributed by atoms with Crippen LogP contribution < -0.4 is 5.32 Å². The molecule has 1 N–H and O–H groups in total. The van der Waals surface area contributed by atoms with E-state index in [1.165, 1.54) is 16.4 Å². The van der Waals surface area contributed by atoms with Crippen molar-refractivity contribution in [3.05, 3.63) is 10.0 Å². The van der Waals surface area contributed by atoms with Crippen LogP contribution in [0.2, 0.25) is 0 Å². The first kappa shape index (κ1) is 15.5. The lowest BCUT2D eigenvalue weighted by Gasteiger charge is -2.03. The van der Waals surface area contributed by atoms with Crippen LogP contribution in [0.5, 0.6) is 0 Å². The summed E-state index contributed by atoms with van der Waals surface area (Å²) in [6, 6.07) is 0. The highest BCUT2D eigenvalue weighted by Gasteiger charge is 2.07. The molecule has 0 saturated carbocycles. The third kappa shape index (κ3) is 6.42. The van der Waals surface area contributed by atoms with Crippen molar-refractivity contribution in [3.63, 3.8) is 0 Å². The van der Waals surface area contributed by atoms with Gasteiger partial charge in [-0.05, 0) is 18.9 Å². The Kier molecular flexibility index (Phi) is 8.13. The van der Waals surface area contributed by atoms with E-state index in [9.17, 15) is 0 Å². The minimum absolute atomic E-state index is 0.710. The van der Waals surface area contributed by atoms with Crippen molar-refractivity contribution in [2.24, 2.45) is 5.92 Å². The van der Waals surface area contributed by atoms with E-state index < -0.39 is 0 Å². The molecule has 0 amide bonds. The summed E-state index contributed by atoms with van der Waals surface area (Å²) in [5, 5.41) is 14.2. The highest BCUT2D eigenvalue weighted by Crippen LogP contribution is 2.16. The number of aromatic nitrogens is 2. The number of methoxy groups -OCH3 is 1. The summed E-state index contributed by atoms with van der Waals surface area (Å²) in [6.45, 7) is 7.20. The van der Waals surface area contributed by atoms with Crippen molar-refractivity contribution in [1.82, 2.24) is 15.5 Å². The summed E-state index contributed by atoms with van der Waals surface area (Å²) < 4.78 is 4.97. The highest BCUT2D eigenvalue weighted by atomic mass is 32.1. The third-order valence-electron chi connectivity index (χ3n) is 2.96.